The lowest BCUT2D eigenvalue weighted by atomic mass is 10.0. The molecule has 4 rings (SSSR count). The summed E-state index contributed by atoms with van der Waals surface area (Å²) in [5, 5.41) is 0. The van der Waals surface area contributed by atoms with Crippen molar-refractivity contribution in [1.82, 2.24) is 14.9 Å². The fourth-order valence-electron chi connectivity index (χ4n) is 3.25. The molecule has 3 aromatic rings. The second-order valence-electron chi connectivity index (χ2n) is 6.52. The zero-order valence-corrected chi connectivity index (χ0v) is 15.1. The van der Waals surface area contributed by atoms with Crippen molar-refractivity contribution < 1.29 is 13.9 Å². The largest absolute Gasteiger partial charge is 0.370 e. The molecule has 1 amide bonds. The van der Waals surface area contributed by atoms with Gasteiger partial charge in [0.25, 0.3) is 5.91 Å². The molecule has 1 fully saturated rings. The third-order valence-corrected chi connectivity index (χ3v) is 4.68. The highest BCUT2D eigenvalue weighted by Gasteiger charge is 2.28. The number of hydrogen-bond acceptors (Lipinski definition) is 5. The fraction of sp³-hybridized carbons (Fsp3) is 0.190. The summed E-state index contributed by atoms with van der Waals surface area (Å²) in [6, 6.07) is 15.5. The first-order valence-electron chi connectivity index (χ1n) is 8.96. The second-order valence-corrected chi connectivity index (χ2v) is 6.52. The molecule has 28 heavy (non-hydrogen) atoms. The lowest BCUT2D eigenvalue weighted by molar-refractivity contribution is -0.0228. The molecular formula is C21H19FN4O2. The van der Waals surface area contributed by atoms with Gasteiger partial charge in [-0.3, -0.25) is 4.79 Å². The lowest BCUT2D eigenvalue weighted by Gasteiger charge is -2.33. The van der Waals surface area contributed by atoms with Gasteiger partial charge in [-0.1, -0.05) is 42.5 Å². The van der Waals surface area contributed by atoms with Crippen LogP contribution in [0.2, 0.25) is 0 Å². The number of halogens is 1. The number of anilines is 1. The number of hydrogen-bond donors (Lipinski definition) is 1. The summed E-state index contributed by atoms with van der Waals surface area (Å²) in [7, 11) is 0. The number of nitrogens with zero attached hydrogens (tertiary/aromatic N) is 3. The van der Waals surface area contributed by atoms with E-state index in [1.165, 1.54) is 18.3 Å². The van der Waals surface area contributed by atoms with Gasteiger partial charge in [-0.05, 0) is 17.7 Å². The molecule has 2 N–H and O–H groups in total. The molecular weight excluding hydrogens is 359 g/mol. The Balaban J connectivity index is 1.62. The van der Waals surface area contributed by atoms with Crippen LogP contribution in [0.5, 0.6) is 0 Å². The maximum Gasteiger partial charge on any atom is 0.257 e. The number of carbonyl (C=O) groups excluding carboxylic acids is 1. The summed E-state index contributed by atoms with van der Waals surface area (Å²) >= 11 is 0. The van der Waals surface area contributed by atoms with Crippen molar-refractivity contribution in [2.75, 3.05) is 25.4 Å². The number of amides is 1. The van der Waals surface area contributed by atoms with Crippen LogP contribution in [0.4, 0.5) is 10.3 Å². The van der Waals surface area contributed by atoms with Crippen LogP contribution in [-0.2, 0) is 4.74 Å². The van der Waals surface area contributed by atoms with Crippen molar-refractivity contribution in [3.8, 4) is 11.3 Å². The average molecular weight is 378 g/mol. The predicted octanol–water partition coefficient (Wildman–Crippen LogP) is 3.08. The molecule has 0 unspecified atom stereocenters. The Hall–Kier alpha value is -3.32. The molecule has 2 heterocycles. The van der Waals surface area contributed by atoms with Gasteiger partial charge >= 0.3 is 0 Å². The van der Waals surface area contributed by atoms with Crippen molar-refractivity contribution in [3.63, 3.8) is 0 Å². The van der Waals surface area contributed by atoms with E-state index >= 15 is 0 Å². The molecule has 2 aromatic carbocycles. The van der Waals surface area contributed by atoms with E-state index in [-0.39, 0.29) is 23.8 Å². The van der Waals surface area contributed by atoms with Gasteiger partial charge in [0.1, 0.15) is 11.9 Å². The minimum atomic E-state index is -0.312. The molecule has 1 aliphatic heterocycles. The summed E-state index contributed by atoms with van der Waals surface area (Å²) in [4.78, 5) is 23.2. The molecule has 0 radical (unpaired) electrons. The van der Waals surface area contributed by atoms with Crippen LogP contribution in [0, 0.1) is 5.82 Å². The zero-order chi connectivity index (χ0) is 19.5. The van der Waals surface area contributed by atoms with Crippen molar-refractivity contribution in [3.05, 3.63) is 77.7 Å². The number of benzene rings is 2. The minimum Gasteiger partial charge on any atom is -0.370 e. The maximum absolute atomic E-state index is 13.2. The monoisotopic (exact) mass is 378 g/mol. The van der Waals surface area contributed by atoms with E-state index in [4.69, 9.17) is 10.5 Å². The van der Waals surface area contributed by atoms with Gasteiger partial charge in [-0.25, -0.2) is 14.4 Å². The number of rotatable bonds is 3. The lowest BCUT2D eigenvalue weighted by Crippen LogP contribution is -2.42. The Morgan fingerprint density at radius 1 is 1.14 bits per heavy atom. The zero-order valence-electron chi connectivity index (χ0n) is 15.1. The number of nitrogens with two attached hydrogens (primary N) is 1. The van der Waals surface area contributed by atoms with Crippen molar-refractivity contribution >= 4 is 11.9 Å². The summed E-state index contributed by atoms with van der Waals surface area (Å²) in [6.45, 7) is 1.21. The molecule has 1 saturated heterocycles. The van der Waals surface area contributed by atoms with Crippen molar-refractivity contribution in [2.45, 2.75) is 6.10 Å². The topological polar surface area (TPSA) is 81.3 Å². The van der Waals surface area contributed by atoms with Gasteiger partial charge in [0, 0.05) is 18.3 Å². The molecule has 6 nitrogen and oxygen atoms in total. The summed E-state index contributed by atoms with van der Waals surface area (Å²) in [6.07, 6.45) is 1.16. The van der Waals surface area contributed by atoms with Crippen molar-refractivity contribution in [1.29, 1.82) is 0 Å². The molecule has 0 saturated carbocycles. The van der Waals surface area contributed by atoms with Gasteiger partial charge < -0.3 is 15.4 Å². The molecule has 1 aliphatic rings. The van der Waals surface area contributed by atoms with Gasteiger partial charge in [0.2, 0.25) is 5.95 Å². The third-order valence-electron chi connectivity index (χ3n) is 4.68. The smallest absolute Gasteiger partial charge is 0.257 e. The Morgan fingerprint density at radius 3 is 2.64 bits per heavy atom. The van der Waals surface area contributed by atoms with Crippen LogP contribution in [-0.4, -0.2) is 40.5 Å². The quantitative estimate of drug-likeness (QED) is 0.757. The Morgan fingerprint density at radius 2 is 1.89 bits per heavy atom. The van der Waals surface area contributed by atoms with E-state index in [0.29, 0.717) is 31.0 Å². The molecule has 0 aliphatic carbocycles. The first kappa shape index (κ1) is 18.1. The SMILES string of the molecule is Nc1ncc(C(=O)N2CCO[C@@H](c3ccc(F)cc3)C2)c(-c2ccccc2)n1. The van der Waals surface area contributed by atoms with Crippen LogP contribution >= 0.6 is 0 Å². The standard InChI is InChI=1S/C21H19FN4O2/c22-16-8-6-14(7-9-16)18-13-26(10-11-28-18)20(27)17-12-24-21(23)25-19(17)15-4-2-1-3-5-15/h1-9,12,18H,10-11,13H2,(H2,23,24,25)/t18-/m1/s1. The van der Waals surface area contributed by atoms with Gasteiger partial charge in [-0.2, -0.15) is 0 Å². The van der Waals surface area contributed by atoms with Crippen molar-refractivity contribution in [2.24, 2.45) is 0 Å². The predicted molar refractivity (Wildman–Crippen MR) is 103 cm³/mol. The number of carbonyl (C=O) groups is 1. The van der Waals surface area contributed by atoms with Gasteiger partial charge in [0.05, 0.1) is 24.4 Å². The highest BCUT2D eigenvalue weighted by atomic mass is 19.1. The van der Waals surface area contributed by atoms with E-state index in [0.717, 1.165) is 11.1 Å². The second kappa shape index (κ2) is 7.74. The number of morpholine rings is 1. The Bertz CT molecular complexity index is 979. The highest BCUT2D eigenvalue weighted by molar-refractivity contribution is 5.99. The van der Waals surface area contributed by atoms with Gasteiger partial charge in [-0.15, -0.1) is 0 Å². The van der Waals surface area contributed by atoms with Crippen LogP contribution in [0.1, 0.15) is 22.0 Å². The molecule has 0 spiro atoms. The highest BCUT2D eigenvalue weighted by Crippen LogP contribution is 2.27. The molecule has 142 valence electrons. The fourth-order valence-corrected chi connectivity index (χ4v) is 3.25. The van der Waals surface area contributed by atoms with E-state index in [9.17, 15) is 9.18 Å². The number of nitrogen functional groups attached to an aromatic ring is 1. The van der Waals surface area contributed by atoms with Gasteiger partial charge in [0.15, 0.2) is 0 Å². The number of aromatic nitrogens is 2. The third kappa shape index (κ3) is 3.70. The normalized spacial score (nSPS) is 16.8. The Kier molecular flexibility index (Phi) is 4.99. The average Bonchev–Trinajstić information content (AvgIpc) is 2.74. The van der Waals surface area contributed by atoms with Crippen LogP contribution < -0.4 is 5.73 Å². The molecule has 1 atom stereocenters. The van der Waals surface area contributed by atoms with E-state index in [1.54, 1.807) is 17.0 Å². The summed E-state index contributed by atoms with van der Waals surface area (Å²) in [5.74, 6) is -0.380. The number of ether oxygens (including phenoxy) is 1. The first-order chi connectivity index (χ1) is 13.6. The van der Waals surface area contributed by atoms with E-state index in [2.05, 4.69) is 9.97 Å². The van der Waals surface area contributed by atoms with E-state index < -0.39 is 0 Å². The van der Waals surface area contributed by atoms with E-state index in [1.807, 2.05) is 30.3 Å². The molecule has 1 aromatic heterocycles. The van der Waals surface area contributed by atoms with Crippen LogP contribution in [0.3, 0.4) is 0 Å². The minimum absolute atomic E-state index is 0.113. The summed E-state index contributed by atoms with van der Waals surface area (Å²) in [5.41, 5.74) is 8.27. The molecule has 0 bridgehead atoms. The maximum atomic E-state index is 13.2. The first-order valence-corrected chi connectivity index (χ1v) is 8.96. The Labute approximate surface area is 161 Å². The molecule has 7 heteroatoms. The van der Waals surface area contributed by atoms with Crippen LogP contribution in [0.25, 0.3) is 11.3 Å². The summed E-state index contributed by atoms with van der Waals surface area (Å²) < 4.78 is 19.0. The van der Waals surface area contributed by atoms with Crippen LogP contribution in [0.15, 0.2) is 60.8 Å².